The van der Waals surface area contributed by atoms with E-state index < -0.39 is 11.9 Å². The van der Waals surface area contributed by atoms with Crippen molar-refractivity contribution in [1.82, 2.24) is 5.32 Å². The molecule has 2 aromatic rings. The van der Waals surface area contributed by atoms with Crippen LogP contribution < -0.4 is 20.1 Å². The number of hydrogen-bond acceptors (Lipinski definition) is 4. The lowest BCUT2D eigenvalue weighted by Crippen LogP contribution is -2.38. The molecule has 0 spiro atoms. The first kappa shape index (κ1) is 18.7. The van der Waals surface area contributed by atoms with Crippen molar-refractivity contribution in [3.8, 4) is 11.5 Å². The van der Waals surface area contributed by atoms with Gasteiger partial charge in [0.2, 0.25) is 5.91 Å². The monoisotopic (exact) mass is 372 g/mol. The van der Waals surface area contributed by atoms with Gasteiger partial charge in [0.05, 0.1) is 6.54 Å². The van der Waals surface area contributed by atoms with E-state index >= 15 is 0 Å². The Morgan fingerprint density at radius 2 is 2.07 bits per heavy atom. The number of ether oxygens (including phenoxy) is 2. The van der Waals surface area contributed by atoms with E-state index in [1.165, 1.54) is 18.2 Å². The highest BCUT2D eigenvalue weighted by molar-refractivity contribution is 5.94. The summed E-state index contributed by atoms with van der Waals surface area (Å²) in [6, 6.07) is 11.1. The quantitative estimate of drug-likeness (QED) is 0.733. The number of nitrogens with one attached hydrogen (secondary N) is 2. The van der Waals surface area contributed by atoms with Crippen LogP contribution in [0.2, 0.25) is 0 Å². The van der Waals surface area contributed by atoms with Crippen molar-refractivity contribution in [2.75, 3.05) is 18.5 Å². The van der Waals surface area contributed by atoms with Crippen LogP contribution in [0.5, 0.6) is 11.5 Å². The van der Waals surface area contributed by atoms with Crippen LogP contribution in [0.15, 0.2) is 42.5 Å². The molecule has 142 valence electrons. The van der Waals surface area contributed by atoms with E-state index in [2.05, 4.69) is 10.6 Å². The van der Waals surface area contributed by atoms with Gasteiger partial charge in [0.15, 0.2) is 6.10 Å². The Hall–Kier alpha value is -3.09. The SMILES string of the molecule is CC(Oc1cccc(F)c1)C(=O)NCCOc1ccc2c(c1)CCC(=O)N2. The maximum atomic E-state index is 13.1. The Morgan fingerprint density at radius 3 is 2.89 bits per heavy atom. The molecule has 0 fully saturated rings. The predicted octanol–water partition coefficient (Wildman–Crippen LogP) is 2.67. The molecule has 0 saturated carbocycles. The molecule has 0 aromatic heterocycles. The Labute approximate surface area is 156 Å². The summed E-state index contributed by atoms with van der Waals surface area (Å²) in [4.78, 5) is 23.4. The highest BCUT2D eigenvalue weighted by atomic mass is 19.1. The number of aryl methyl sites for hydroxylation is 1. The summed E-state index contributed by atoms with van der Waals surface area (Å²) in [6.07, 6.45) is 0.402. The van der Waals surface area contributed by atoms with Gasteiger partial charge in [-0.2, -0.15) is 0 Å². The second-order valence-electron chi connectivity index (χ2n) is 6.22. The lowest BCUT2D eigenvalue weighted by atomic mass is 10.0. The van der Waals surface area contributed by atoms with Crippen molar-refractivity contribution in [3.63, 3.8) is 0 Å². The molecule has 0 radical (unpaired) electrons. The molecule has 1 aliphatic heterocycles. The smallest absolute Gasteiger partial charge is 0.260 e. The highest BCUT2D eigenvalue weighted by Crippen LogP contribution is 2.26. The first-order chi connectivity index (χ1) is 13.0. The number of carbonyl (C=O) groups excluding carboxylic acids is 2. The van der Waals surface area contributed by atoms with Crippen molar-refractivity contribution in [3.05, 3.63) is 53.8 Å². The van der Waals surface area contributed by atoms with E-state index in [0.717, 1.165) is 11.3 Å². The minimum absolute atomic E-state index is 0.0217. The third kappa shape index (κ3) is 5.20. The molecule has 1 atom stereocenters. The average Bonchev–Trinajstić information content (AvgIpc) is 2.65. The Bertz CT molecular complexity index is 840. The maximum absolute atomic E-state index is 13.1. The fourth-order valence-electron chi connectivity index (χ4n) is 2.73. The summed E-state index contributed by atoms with van der Waals surface area (Å²) in [7, 11) is 0. The lowest BCUT2D eigenvalue weighted by Gasteiger charge is -2.18. The lowest BCUT2D eigenvalue weighted by molar-refractivity contribution is -0.127. The summed E-state index contributed by atoms with van der Waals surface area (Å²) < 4.78 is 24.2. The molecule has 0 bridgehead atoms. The predicted molar refractivity (Wildman–Crippen MR) is 98.4 cm³/mol. The van der Waals surface area contributed by atoms with E-state index in [-0.39, 0.29) is 11.8 Å². The second kappa shape index (κ2) is 8.53. The van der Waals surface area contributed by atoms with Gasteiger partial charge in [-0.1, -0.05) is 6.07 Å². The van der Waals surface area contributed by atoms with Crippen molar-refractivity contribution in [2.24, 2.45) is 0 Å². The number of benzene rings is 2. The largest absolute Gasteiger partial charge is 0.492 e. The highest BCUT2D eigenvalue weighted by Gasteiger charge is 2.16. The molecule has 0 saturated heterocycles. The zero-order chi connectivity index (χ0) is 19.2. The number of fused-ring (bicyclic) bond motifs is 1. The molecule has 1 aliphatic rings. The molecule has 7 heteroatoms. The summed E-state index contributed by atoms with van der Waals surface area (Å²) in [5.74, 6) is 0.279. The van der Waals surface area contributed by atoms with Crippen LogP contribution in [0.3, 0.4) is 0 Å². The first-order valence-corrected chi connectivity index (χ1v) is 8.77. The summed E-state index contributed by atoms with van der Waals surface area (Å²) in [5, 5.41) is 5.53. The van der Waals surface area contributed by atoms with E-state index in [9.17, 15) is 14.0 Å². The van der Waals surface area contributed by atoms with Crippen molar-refractivity contribution < 1.29 is 23.5 Å². The zero-order valence-corrected chi connectivity index (χ0v) is 15.0. The minimum Gasteiger partial charge on any atom is -0.492 e. The number of amides is 2. The standard InChI is InChI=1S/C20H21FN2O4/c1-13(27-17-4-2-3-15(21)12-17)20(25)22-9-10-26-16-6-7-18-14(11-16)5-8-19(24)23-18/h2-4,6-7,11-13H,5,8-10H2,1H3,(H,22,25)(H,23,24). The summed E-state index contributed by atoms with van der Waals surface area (Å²) in [6.45, 7) is 2.20. The van der Waals surface area contributed by atoms with Gasteiger partial charge in [0.25, 0.3) is 5.91 Å². The molecule has 27 heavy (non-hydrogen) atoms. The Kier molecular flexibility index (Phi) is 5.90. The summed E-state index contributed by atoms with van der Waals surface area (Å²) >= 11 is 0. The van der Waals surface area contributed by atoms with E-state index in [4.69, 9.17) is 9.47 Å². The molecule has 2 N–H and O–H groups in total. The zero-order valence-electron chi connectivity index (χ0n) is 15.0. The first-order valence-electron chi connectivity index (χ1n) is 8.77. The number of carbonyl (C=O) groups is 2. The maximum Gasteiger partial charge on any atom is 0.260 e. The Morgan fingerprint density at radius 1 is 1.22 bits per heavy atom. The number of rotatable bonds is 7. The Balaban J connectivity index is 1.42. The molecule has 1 unspecified atom stereocenters. The van der Waals surface area contributed by atoms with Crippen LogP contribution in [0, 0.1) is 5.82 Å². The van der Waals surface area contributed by atoms with E-state index in [0.29, 0.717) is 37.5 Å². The number of halogens is 1. The third-order valence-electron chi connectivity index (χ3n) is 4.12. The van der Waals surface area contributed by atoms with Gasteiger partial charge < -0.3 is 20.1 Å². The van der Waals surface area contributed by atoms with Gasteiger partial charge in [-0.05, 0) is 49.2 Å². The molecule has 6 nitrogen and oxygen atoms in total. The molecule has 0 aliphatic carbocycles. The van der Waals surface area contributed by atoms with Gasteiger partial charge >= 0.3 is 0 Å². The van der Waals surface area contributed by atoms with Gasteiger partial charge in [-0.25, -0.2) is 4.39 Å². The average molecular weight is 372 g/mol. The molecule has 3 rings (SSSR count). The van der Waals surface area contributed by atoms with Gasteiger partial charge in [0, 0.05) is 18.2 Å². The van der Waals surface area contributed by atoms with Crippen molar-refractivity contribution in [1.29, 1.82) is 0 Å². The minimum atomic E-state index is -0.751. The van der Waals surface area contributed by atoms with Crippen molar-refractivity contribution in [2.45, 2.75) is 25.9 Å². The van der Waals surface area contributed by atoms with Crippen LogP contribution >= 0.6 is 0 Å². The molecule has 2 amide bonds. The fourth-order valence-corrected chi connectivity index (χ4v) is 2.73. The van der Waals surface area contributed by atoms with Gasteiger partial charge in [-0.15, -0.1) is 0 Å². The van der Waals surface area contributed by atoms with Crippen LogP contribution in [0.4, 0.5) is 10.1 Å². The van der Waals surface area contributed by atoms with Crippen LogP contribution in [-0.2, 0) is 16.0 Å². The molecular weight excluding hydrogens is 351 g/mol. The number of anilines is 1. The molecule has 1 heterocycles. The van der Waals surface area contributed by atoms with Crippen LogP contribution in [0.25, 0.3) is 0 Å². The van der Waals surface area contributed by atoms with Gasteiger partial charge in [0.1, 0.15) is 23.9 Å². The van der Waals surface area contributed by atoms with Crippen LogP contribution in [-0.4, -0.2) is 31.1 Å². The number of hydrogen-bond donors (Lipinski definition) is 2. The van der Waals surface area contributed by atoms with Crippen LogP contribution in [0.1, 0.15) is 18.9 Å². The van der Waals surface area contributed by atoms with E-state index in [1.54, 1.807) is 19.1 Å². The van der Waals surface area contributed by atoms with Crippen molar-refractivity contribution >= 4 is 17.5 Å². The fraction of sp³-hybridized carbons (Fsp3) is 0.300. The molecular formula is C20H21FN2O4. The van der Waals surface area contributed by atoms with Gasteiger partial charge in [-0.3, -0.25) is 9.59 Å². The topological polar surface area (TPSA) is 76.7 Å². The second-order valence-corrected chi connectivity index (χ2v) is 6.22. The normalized spacial score (nSPS) is 13.9. The van der Waals surface area contributed by atoms with E-state index in [1.807, 2.05) is 12.1 Å². The summed E-state index contributed by atoms with van der Waals surface area (Å²) in [5.41, 5.74) is 1.85. The molecule has 2 aromatic carbocycles. The third-order valence-corrected chi connectivity index (χ3v) is 4.12.